The van der Waals surface area contributed by atoms with Crippen LogP contribution in [0.3, 0.4) is 0 Å². The van der Waals surface area contributed by atoms with Gasteiger partial charge in [-0.3, -0.25) is 0 Å². The Morgan fingerprint density at radius 3 is 2.71 bits per heavy atom. The smallest absolute Gasteiger partial charge is 0.191 e. The zero-order valence-corrected chi connectivity index (χ0v) is 10.4. The lowest BCUT2D eigenvalue weighted by molar-refractivity contribution is 0.964. The van der Waals surface area contributed by atoms with Gasteiger partial charge in [-0.1, -0.05) is 42.1 Å². The van der Waals surface area contributed by atoms with E-state index in [4.69, 9.17) is 5.73 Å². The molecule has 3 N–H and O–H groups in total. The quantitative estimate of drug-likeness (QED) is 0.640. The van der Waals surface area contributed by atoms with Gasteiger partial charge in [0.2, 0.25) is 0 Å². The van der Waals surface area contributed by atoms with E-state index in [1.165, 1.54) is 17.3 Å². The van der Waals surface area contributed by atoms with Crippen molar-refractivity contribution in [3.63, 3.8) is 0 Å². The summed E-state index contributed by atoms with van der Waals surface area (Å²) >= 11 is 1.48. The van der Waals surface area contributed by atoms with Crippen molar-refractivity contribution in [3.8, 4) is 0 Å². The number of nitrogens with two attached hydrogens (primary N) is 1. The average Bonchev–Trinajstić information content (AvgIpc) is 2.37. The van der Waals surface area contributed by atoms with Crippen molar-refractivity contribution < 1.29 is 0 Å². The summed E-state index contributed by atoms with van der Waals surface area (Å²) in [6.45, 7) is 0.727. The standard InChI is InChI=1S/C12H14N4S/c1-17-12-15-10(13)7-11(16-12)14-8-9-5-3-2-4-6-9/h2-7H,8H2,1H3,(H3,13,14,15,16). The van der Waals surface area contributed by atoms with E-state index in [0.717, 1.165) is 12.4 Å². The largest absolute Gasteiger partial charge is 0.383 e. The molecule has 0 saturated heterocycles. The Bertz CT molecular complexity index is 487. The number of anilines is 2. The highest BCUT2D eigenvalue weighted by molar-refractivity contribution is 7.98. The van der Waals surface area contributed by atoms with Gasteiger partial charge in [-0.2, -0.15) is 0 Å². The van der Waals surface area contributed by atoms with Gasteiger partial charge in [0, 0.05) is 12.6 Å². The van der Waals surface area contributed by atoms with Gasteiger partial charge < -0.3 is 11.1 Å². The molecule has 5 heteroatoms. The molecule has 0 saturated carbocycles. The van der Waals surface area contributed by atoms with E-state index < -0.39 is 0 Å². The van der Waals surface area contributed by atoms with E-state index >= 15 is 0 Å². The summed E-state index contributed by atoms with van der Waals surface area (Å²) < 4.78 is 0. The predicted octanol–water partition coefficient (Wildman–Crippen LogP) is 2.39. The highest BCUT2D eigenvalue weighted by Crippen LogP contribution is 2.15. The molecule has 0 spiro atoms. The molecule has 1 heterocycles. The number of thioether (sulfide) groups is 1. The van der Waals surface area contributed by atoms with Crippen molar-refractivity contribution in [2.75, 3.05) is 17.3 Å². The zero-order chi connectivity index (χ0) is 12.1. The summed E-state index contributed by atoms with van der Waals surface area (Å²) in [4.78, 5) is 8.42. The second-order valence-electron chi connectivity index (χ2n) is 3.50. The number of nitrogens with zero attached hydrogens (tertiary/aromatic N) is 2. The maximum absolute atomic E-state index is 5.70. The van der Waals surface area contributed by atoms with Crippen LogP contribution < -0.4 is 11.1 Å². The number of nitrogens with one attached hydrogen (secondary N) is 1. The molecule has 1 aromatic heterocycles. The number of rotatable bonds is 4. The topological polar surface area (TPSA) is 63.8 Å². The second kappa shape index (κ2) is 5.54. The molecule has 0 bridgehead atoms. The van der Waals surface area contributed by atoms with Gasteiger partial charge in [0.05, 0.1) is 0 Å². The monoisotopic (exact) mass is 246 g/mol. The molecule has 2 aromatic rings. The Hall–Kier alpha value is -1.75. The molecule has 1 aromatic carbocycles. The van der Waals surface area contributed by atoms with Gasteiger partial charge in [-0.05, 0) is 11.8 Å². The Morgan fingerprint density at radius 2 is 2.00 bits per heavy atom. The Morgan fingerprint density at radius 1 is 1.24 bits per heavy atom. The van der Waals surface area contributed by atoms with Gasteiger partial charge in [0.1, 0.15) is 11.6 Å². The summed E-state index contributed by atoms with van der Waals surface area (Å²) in [6.07, 6.45) is 1.93. The lowest BCUT2D eigenvalue weighted by atomic mass is 10.2. The molecule has 0 radical (unpaired) electrons. The average molecular weight is 246 g/mol. The minimum absolute atomic E-state index is 0.486. The number of aromatic nitrogens is 2. The molecule has 0 fully saturated rings. The number of benzene rings is 1. The van der Waals surface area contributed by atoms with Gasteiger partial charge in [0.25, 0.3) is 0 Å². The van der Waals surface area contributed by atoms with Crippen molar-refractivity contribution in [1.29, 1.82) is 0 Å². The molecule has 0 aliphatic carbocycles. The normalized spacial score (nSPS) is 10.2. The van der Waals surface area contributed by atoms with E-state index in [0.29, 0.717) is 11.0 Å². The lowest BCUT2D eigenvalue weighted by Gasteiger charge is -2.07. The van der Waals surface area contributed by atoms with E-state index in [1.54, 1.807) is 6.07 Å². The van der Waals surface area contributed by atoms with E-state index in [1.807, 2.05) is 24.5 Å². The fourth-order valence-electron chi connectivity index (χ4n) is 1.41. The Kier molecular flexibility index (Phi) is 3.82. The summed E-state index contributed by atoms with van der Waals surface area (Å²) in [5, 5.41) is 3.91. The van der Waals surface area contributed by atoms with Gasteiger partial charge >= 0.3 is 0 Å². The highest BCUT2D eigenvalue weighted by Gasteiger charge is 2.01. The molecule has 2 rings (SSSR count). The first-order chi connectivity index (χ1) is 8.28. The maximum atomic E-state index is 5.70. The molecule has 0 aliphatic heterocycles. The Balaban J connectivity index is 2.06. The first-order valence-corrected chi connectivity index (χ1v) is 6.47. The molecule has 0 amide bonds. The van der Waals surface area contributed by atoms with Crippen LogP contribution in [0.15, 0.2) is 41.6 Å². The molecule has 17 heavy (non-hydrogen) atoms. The summed E-state index contributed by atoms with van der Waals surface area (Å²) in [5.74, 6) is 1.24. The maximum Gasteiger partial charge on any atom is 0.191 e. The van der Waals surface area contributed by atoms with Crippen LogP contribution in [0.5, 0.6) is 0 Å². The zero-order valence-electron chi connectivity index (χ0n) is 9.55. The molecular weight excluding hydrogens is 232 g/mol. The van der Waals surface area contributed by atoms with Crippen LogP contribution in [-0.4, -0.2) is 16.2 Å². The van der Waals surface area contributed by atoms with Crippen molar-refractivity contribution >= 4 is 23.4 Å². The SMILES string of the molecule is CSc1nc(N)cc(NCc2ccccc2)n1. The van der Waals surface area contributed by atoms with Crippen LogP contribution in [0.25, 0.3) is 0 Å². The second-order valence-corrected chi connectivity index (χ2v) is 4.28. The number of hydrogen-bond donors (Lipinski definition) is 2. The predicted molar refractivity (Wildman–Crippen MR) is 72.0 cm³/mol. The minimum Gasteiger partial charge on any atom is -0.383 e. The Labute approximate surface area is 105 Å². The number of nitrogen functional groups attached to an aromatic ring is 1. The molecular formula is C12H14N4S. The summed E-state index contributed by atoms with van der Waals surface area (Å²) in [7, 11) is 0. The number of hydrogen-bond acceptors (Lipinski definition) is 5. The van der Waals surface area contributed by atoms with Gasteiger partial charge in [-0.25, -0.2) is 9.97 Å². The van der Waals surface area contributed by atoms with Crippen LogP contribution in [0.2, 0.25) is 0 Å². The first kappa shape index (κ1) is 11.7. The van der Waals surface area contributed by atoms with Crippen LogP contribution in [0, 0.1) is 0 Å². The van der Waals surface area contributed by atoms with Crippen LogP contribution in [0.4, 0.5) is 11.6 Å². The third-order valence-electron chi connectivity index (χ3n) is 2.22. The van der Waals surface area contributed by atoms with Crippen molar-refractivity contribution in [3.05, 3.63) is 42.0 Å². The summed E-state index contributed by atoms with van der Waals surface area (Å²) in [5.41, 5.74) is 6.90. The van der Waals surface area contributed by atoms with Crippen LogP contribution in [-0.2, 0) is 6.54 Å². The first-order valence-electron chi connectivity index (χ1n) is 5.24. The summed E-state index contributed by atoms with van der Waals surface area (Å²) in [6, 6.07) is 11.9. The lowest BCUT2D eigenvalue weighted by Crippen LogP contribution is -2.04. The van der Waals surface area contributed by atoms with Crippen molar-refractivity contribution in [2.45, 2.75) is 11.7 Å². The van der Waals surface area contributed by atoms with Crippen LogP contribution >= 0.6 is 11.8 Å². The van der Waals surface area contributed by atoms with E-state index in [-0.39, 0.29) is 0 Å². The van der Waals surface area contributed by atoms with Gasteiger partial charge in [-0.15, -0.1) is 0 Å². The fraction of sp³-hybridized carbons (Fsp3) is 0.167. The minimum atomic E-state index is 0.486. The molecule has 0 aliphatic rings. The van der Waals surface area contributed by atoms with Gasteiger partial charge in [0.15, 0.2) is 5.16 Å². The third kappa shape index (κ3) is 3.35. The molecule has 0 atom stereocenters. The highest BCUT2D eigenvalue weighted by atomic mass is 32.2. The van der Waals surface area contributed by atoms with E-state index in [9.17, 15) is 0 Å². The van der Waals surface area contributed by atoms with E-state index in [2.05, 4.69) is 27.4 Å². The van der Waals surface area contributed by atoms with Crippen LogP contribution in [0.1, 0.15) is 5.56 Å². The van der Waals surface area contributed by atoms with Crippen molar-refractivity contribution in [1.82, 2.24) is 9.97 Å². The third-order valence-corrected chi connectivity index (χ3v) is 2.77. The molecule has 4 nitrogen and oxygen atoms in total. The molecule has 0 unspecified atom stereocenters. The fourth-order valence-corrected chi connectivity index (χ4v) is 1.80. The molecule has 88 valence electrons. The van der Waals surface area contributed by atoms with Crippen molar-refractivity contribution in [2.24, 2.45) is 0 Å².